The topological polar surface area (TPSA) is 85.4 Å². The number of carbonyl (C=O) groups is 1. The molecule has 1 N–H and O–H groups in total. The van der Waals surface area contributed by atoms with Crippen LogP contribution in [0.2, 0.25) is 5.02 Å². The maximum Gasteiger partial charge on any atom is 0.352 e. The molecule has 0 bridgehead atoms. The van der Waals surface area contributed by atoms with E-state index in [9.17, 15) is 20.0 Å². The zero-order valence-corrected chi connectivity index (χ0v) is 12.2. The van der Waals surface area contributed by atoms with Crippen molar-refractivity contribution in [1.29, 1.82) is 0 Å². The first kappa shape index (κ1) is 15.1. The van der Waals surface area contributed by atoms with Crippen LogP contribution >= 0.6 is 11.6 Å². The Hall–Kier alpha value is -2.34. The van der Waals surface area contributed by atoms with E-state index in [2.05, 4.69) is 0 Å². The molecule has 21 heavy (non-hydrogen) atoms. The van der Waals surface area contributed by atoms with Crippen LogP contribution in [0.25, 0.3) is 11.3 Å². The monoisotopic (exact) mass is 308 g/mol. The third-order valence-corrected chi connectivity index (χ3v) is 3.32. The number of rotatable bonds is 4. The van der Waals surface area contributed by atoms with Crippen molar-refractivity contribution >= 4 is 23.3 Å². The van der Waals surface area contributed by atoms with E-state index in [1.54, 1.807) is 16.7 Å². The van der Waals surface area contributed by atoms with E-state index in [4.69, 9.17) is 11.6 Å². The second-order valence-corrected chi connectivity index (χ2v) is 5.23. The van der Waals surface area contributed by atoms with E-state index in [0.29, 0.717) is 11.3 Å². The fourth-order valence-corrected chi connectivity index (χ4v) is 2.44. The van der Waals surface area contributed by atoms with Gasteiger partial charge in [-0.15, -0.1) is 0 Å². The lowest BCUT2D eigenvalue weighted by atomic mass is 10.1. The van der Waals surface area contributed by atoms with E-state index in [1.165, 1.54) is 18.2 Å². The molecule has 0 aliphatic heterocycles. The summed E-state index contributed by atoms with van der Waals surface area (Å²) < 4.78 is 1.55. The molecule has 0 saturated carbocycles. The van der Waals surface area contributed by atoms with Gasteiger partial charge in [0.1, 0.15) is 5.69 Å². The van der Waals surface area contributed by atoms with Crippen molar-refractivity contribution in [2.75, 3.05) is 0 Å². The SMILES string of the molecule is CC(C)n1c(C(=O)O)ccc1-c1ccc(Cl)cc1[N+](=O)[O-]. The van der Waals surface area contributed by atoms with Gasteiger partial charge in [-0.1, -0.05) is 11.6 Å². The molecule has 0 unspecified atom stereocenters. The summed E-state index contributed by atoms with van der Waals surface area (Å²) in [6.45, 7) is 3.63. The summed E-state index contributed by atoms with van der Waals surface area (Å²) in [7, 11) is 0. The normalized spacial score (nSPS) is 10.9. The molecule has 0 saturated heterocycles. The largest absolute Gasteiger partial charge is 0.477 e. The Labute approximate surface area is 125 Å². The Morgan fingerprint density at radius 1 is 1.33 bits per heavy atom. The van der Waals surface area contributed by atoms with Crippen LogP contribution in [-0.2, 0) is 0 Å². The van der Waals surface area contributed by atoms with Crippen LogP contribution in [0.15, 0.2) is 30.3 Å². The summed E-state index contributed by atoms with van der Waals surface area (Å²) in [6.07, 6.45) is 0. The molecule has 1 heterocycles. The van der Waals surface area contributed by atoms with Crippen molar-refractivity contribution in [2.45, 2.75) is 19.9 Å². The second-order valence-electron chi connectivity index (χ2n) is 4.79. The second kappa shape index (κ2) is 5.57. The van der Waals surface area contributed by atoms with Gasteiger partial charge in [-0.25, -0.2) is 4.79 Å². The molecule has 2 rings (SSSR count). The minimum Gasteiger partial charge on any atom is -0.477 e. The smallest absolute Gasteiger partial charge is 0.352 e. The van der Waals surface area contributed by atoms with Crippen LogP contribution in [-0.4, -0.2) is 20.6 Å². The lowest BCUT2D eigenvalue weighted by molar-refractivity contribution is -0.384. The van der Waals surface area contributed by atoms with Gasteiger partial charge in [0.15, 0.2) is 0 Å². The van der Waals surface area contributed by atoms with E-state index in [0.717, 1.165) is 0 Å². The fraction of sp³-hybridized carbons (Fsp3) is 0.214. The Kier molecular flexibility index (Phi) is 3.99. The molecular formula is C14H13ClN2O4. The van der Waals surface area contributed by atoms with Crippen molar-refractivity contribution < 1.29 is 14.8 Å². The highest BCUT2D eigenvalue weighted by molar-refractivity contribution is 6.30. The molecule has 0 aliphatic carbocycles. The summed E-state index contributed by atoms with van der Waals surface area (Å²) in [5, 5.41) is 20.7. The van der Waals surface area contributed by atoms with Crippen LogP contribution in [0.5, 0.6) is 0 Å². The highest BCUT2D eigenvalue weighted by atomic mass is 35.5. The Balaban J connectivity index is 2.73. The highest BCUT2D eigenvalue weighted by Gasteiger charge is 2.23. The van der Waals surface area contributed by atoms with Gasteiger partial charge in [0.05, 0.1) is 16.2 Å². The molecule has 0 spiro atoms. The Morgan fingerprint density at radius 2 is 2.00 bits per heavy atom. The van der Waals surface area contributed by atoms with E-state index < -0.39 is 10.9 Å². The number of carboxylic acid groups (broad SMARTS) is 1. The van der Waals surface area contributed by atoms with E-state index in [-0.39, 0.29) is 22.4 Å². The van der Waals surface area contributed by atoms with Gasteiger partial charge >= 0.3 is 5.97 Å². The van der Waals surface area contributed by atoms with Gasteiger partial charge in [0.2, 0.25) is 0 Å². The lowest BCUT2D eigenvalue weighted by Gasteiger charge is -2.15. The summed E-state index contributed by atoms with van der Waals surface area (Å²) in [5.74, 6) is -1.08. The molecule has 110 valence electrons. The number of nitrogens with zero attached hydrogens (tertiary/aromatic N) is 2. The molecule has 0 amide bonds. The summed E-state index contributed by atoms with van der Waals surface area (Å²) in [4.78, 5) is 21.9. The number of nitro groups is 1. The van der Waals surface area contributed by atoms with Crippen LogP contribution in [0.3, 0.4) is 0 Å². The van der Waals surface area contributed by atoms with Crippen molar-refractivity contribution in [2.24, 2.45) is 0 Å². The van der Waals surface area contributed by atoms with Gasteiger partial charge in [0, 0.05) is 17.1 Å². The van der Waals surface area contributed by atoms with Gasteiger partial charge in [0.25, 0.3) is 5.69 Å². The highest BCUT2D eigenvalue weighted by Crippen LogP contribution is 2.35. The summed E-state index contributed by atoms with van der Waals surface area (Å²) in [6, 6.07) is 7.18. The average molecular weight is 309 g/mol. The van der Waals surface area contributed by atoms with Crippen LogP contribution in [0.4, 0.5) is 5.69 Å². The number of hydrogen-bond donors (Lipinski definition) is 1. The first-order valence-electron chi connectivity index (χ1n) is 6.21. The molecule has 1 aromatic heterocycles. The Morgan fingerprint density at radius 3 is 2.52 bits per heavy atom. The van der Waals surface area contributed by atoms with Crippen molar-refractivity contribution in [3.8, 4) is 11.3 Å². The number of nitro benzene ring substituents is 1. The predicted molar refractivity (Wildman–Crippen MR) is 78.9 cm³/mol. The van der Waals surface area contributed by atoms with Gasteiger partial charge in [-0.05, 0) is 38.1 Å². The maximum absolute atomic E-state index is 11.3. The van der Waals surface area contributed by atoms with Gasteiger partial charge < -0.3 is 9.67 Å². The fourth-order valence-electron chi connectivity index (χ4n) is 2.27. The van der Waals surface area contributed by atoms with Crippen molar-refractivity contribution in [1.82, 2.24) is 4.57 Å². The zero-order valence-electron chi connectivity index (χ0n) is 11.4. The van der Waals surface area contributed by atoms with Crippen LogP contribution in [0.1, 0.15) is 30.4 Å². The molecule has 0 atom stereocenters. The number of halogens is 1. The maximum atomic E-state index is 11.3. The summed E-state index contributed by atoms with van der Waals surface area (Å²) >= 11 is 5.80. The van der Waals surface area contributed by atoms with Crippen LogP contribution < -0.4 is 0 Å². The van der Waals surface area contributed by atoms with E-state index >= 15 is 0 Å². The lowest BCUT2D eigenvalue weighted by Crippen LogP contribution is -2.12. The third-order valence-electron chi connectivity index (χ3n) is 3.09. The average Bonchev–Trinajstić information content (AvgIpc) is 2.83. The molecule has 7 heteroatoms. The number of aromatic carboxylic acids is 1. The molecular weight excluding hydrogens is 296 g/mol. The number of aromatic nitrogens is 1. The molecule has 0 radical (unpaired) electrons. The van der Waals surface area contributed by atoms with Gasteiger partial charge in [-0.3, -0.25) is 10.1 Å². The first-order chi connectivity index (χ1) is 9.82. The third kappa shape index (κ3) is 2.75. The number of benzene rings is 1. The van der Waals surface area contributed by atoms with Gasteiger partial charge in [-0.2, -0.15) is 0 Å². The van der Waals surface area contributed by atoms with Crippen molar-refractivity contribution in [3.05, 3.63) is 51.2 Å². The van der Waals surface area contributed by atoms with Crippen LogP contribution in [0, 0.1) is 10.1 Å². The molecule has 1 aromatic carbocycles. The number of hydrogen-bond acceptors (Lipinski definition) is 3. The quantitative estimate of drug-likeness (QED) is 0.683. The molecule has 0 aliphatic rings. The molecule has 2 aromatic rings. The predicted octanol–water partition coefficient (Wildman–Crippen LogP) is 4.00. The molecule has 0 fully saturated rings. The molecule has 6 nitrogen and oxygen atoms in total. The van der Waals surface area contributed by atoms with E-state index in [1.807, 2.05) is 13.8 Å². The Bertz CT molecular complexity index is 722. The standard InChI is InChI=1S/C14H13ClN2O4/c1-8(2)16-11(5-6-12(16)14(18)19)10-4-3-9(15)7-13(10)17(20)21/h3-8H,1-2H3,(H,18,19). The minimum atomic E-state index is -1.08. The first-order valence-corrected chi connectivity index (χ1v) is 6.59. The number of carboxylic acids is 1. The van der Waals surface area contributed by atoms with Crippen molar-refractivity contribution in [3.63, 3.8) is 0 Å². The summed E-state index contributed by atoms with van der Waals surface area (Å²) in [5.41, 5.74) is 0.750. The zero-order chi connectivity index (χ0) is 15.7. The minimum absolute atomic E-state index is 0.0873.